The third-order valence-electron chi connectivity index (χ3n) is 3.46. The number of hydrogen-bond donors (Lipinski definition) is 1. The van der Waals surface area contributed by atoms with Crippen LogP contribution in [0.3, 0.4) is 0 Å². The maximum Gasteiger partial charge on any atom is 0.416 e. The fourth-order valence-electron chi connectivity index (χ4n) is 2.27. The number of carbonyl (C=O) groups is 1. The van der Waals surface area contributed by atoms with Crippen LogP contribution in [0.1, 0.15) is 15.9 Å². The Morgan fingerprint density at radius 3 is 2.32 bits per heavy atom. The molecule has 0 atom stereocenters. The van der Waals surface area contributed by atoms with Crippen molar-refractivity contribution in [2.45, 2.75) is 6.18 Å². The second kappa shape index (κ2) is 7.29. The molecule has 3 nitrogen and oxygen atoms in total. The van der Waals surface area contributed by atoms with Crippen LogP contribution in [-0.4, -0.2) is 10.2 Å². The third kappa shape index (κ3) is 4.21. The SMILES string of the molecule is Cl.O=C(Cl)c1ccc(Nc2ccnc3cc(C(F)(F)F)ccc23)cc1. The summed E-state index contributed by atoms with van der Waals surface area (Å²) in [6, 6.07) is 11.5. The molecule has 0 saturated heterocycles. The molecule has 0 saturated carbocycles. The summed E-state index contributed by atoms with van der Waals surface area (Å²) in [6.07, 6.45) is -2.98. The quantitative estimate of drug-likeness (QED) is 0.578. The van der Waals surface area contributed by atoms with Crippen LogP contribution in [-0.2, 0) is 6.18 Å². The van der Waals surface area contributed by atoms with Crippen molar-refractivity contribution in [1.82, 2.24) is 4.98 Å². The lowest BCUT2D eigenvalue weighted by atomic mass is 10.1. The Kier molecular flexibility index (Phi) is 5.55. The Balaban J connectivity index is 0.00000225. The van der Waals surface area contributed by atoms with Gasteiger partial charge in [-0.25, -0.2) is 0 Å². The number of aromatic nitrogens is 1. The number of alkyl halides is 3. The van der Waals surface area contributed by atoms with Gasteiger partial charge >= 0.3 is 6.18 Å². The molecule has 0 aliphatic carbocycles. The number of nitrogens with zero attached hydrogens (tertiary/aromatic N) is 1. The molecule has 130 valence electrons. The van der Waals surface area contributed by atoms with Crippen molar-refractivity contribution < 1.29 is 18.0 Å². The van der Waals surface area contributed by atoms with E-state index in [-0.39, 0.29) is 17.9 Å². The van der Waals surface area contributed by atoms with Gasteiger partial charge in [-0.3, -0.25) is 9.78 Å². The largest absolute Gasteiger partial charge is 0.416 e. The molecule has 1 aromatic heterocycles. The average molecular weight is 387 g/mol. The number of hydrogen-bond acceptors (Lipinski definition) is 3. The van der Waals surface area contributed by atoms with E-state index >= 15 is 0 Å². The summed E-state index contributed by atoms with van der Waals surface area (Å²) < 4.78 is 38.4. The van der Waals surface area contributed by atoms with Gasteiger partial charge < -0.3 is 5.32 Å². The van der Waals surface area contributed by atoms with E-state index in [2.05, 4.69) is 10.3 Å². The van der Waals surface area contributed by atoms with Gasteiger partial charge in [0.2, 0.25) is 0 Å². The lowest BCUT2D eigenvalue weighted by Crippen LogP contribution is -2.04. The molecule has 0 spiro atoms. The van der Waals surface area contributed by atoms with E-state index in [1.165, 1.54) is 12.3 Å². The van der Waals surface area contributed by atoms with Crippen LogP contribution in [0.5, 0.6) is 0 Å². The molecule has 3 rings (SSSR count). The van der Waals surface area contributed by atoms with Gasteiger partial charge in [-0.2, -0.15) is 13.2 Å². The van der Waals surface area contributed by atoms with Crippen molar-refractivity contribution in [1.29, 1.82) is 0 Å². The predicted molar refractivity (Wildman–Crippen MR) is 93.9 cm³/mol. The Morgan fingerprint density at radius 2 is 1.72 bits per heavy atom. The first-order valence-electron chi connectivity index (χ1n) is 6.87. The highest BCUT2D eigenvalue weighted by molar-refractivity contribution is 6.67. The van der Waals surface area contributed by atoms with Crippen molar-refractivity contribution >= 4 is 51.5 Å². The van der Waals surface area contributed by atoms with E-state index < -0.39 is 17.0 Å². The van der Waals surface area contributed by atoms with Crippen LogP contribution in [0, 0.1) is 0 Å². The molecule has 0 bridgehead atoms. The second-order valence-corrected chi connectivity index (χ2v) is 5.41. The number of anilines is 2. The fraction of sp³-hybridized carbons (Fsp3) is 0.0588. The topological polar surface area (TPSA) is 42.0 Å². The molecule has 0 fully saturated rings. The van der Waals surface area contributed by atoms with Gasteiger partial charge in [0, 0.05) is 28.5 Å². The molecule has 0 aliphatic heterocycles. The molecular formula is C17H11Cl2F3N2O. The number of halogens is 5. The van der Waals surface area contributed by atoms with Crippen LogP contribution in [0.25, 0.3) is 10.9 Å². The molecule has 1 N–H and O–H groups in total. The van der Waals surface area contributed by atoms with Gasteiger partial charge in [0.15, 0.2) is 0 Å². The molecule has 0 unspecified atom stereocenters. The molecular weight excluding hydrogens is 376 g/mol. The number of fused-ring (bicyclic) bond motifs is 1. The highest BCUT2D eigenvalue weighted by Gasteiger charge is 2.30. The summed E-state index contributed by atoms with van der Waals surface area (Å²) in [5, 5.41) is 3.09. The summed E-state index contributed by atoms with van der Waals surface area (Å²) >= 11 is 5.39. The number of rotatable bonds is 3. The Hall–Kier alpha value is -2.31. The molecule has 8 heteroatoms. The van der Waals surface area contributed by atoms with Gasteiger partial charge in [0.05, 0.1) is 11.1 Å². The maximum absolute atomic E-state index is 12.8. The summed E-state index contributed by atoms with van der Waals surface area (Å²) in [6.45, 7) is 0. The van der Waals surface area contributed by atoms with Crippen LogP contribution in [0.15, 0.2) is 54.7 Å². The molecule has 0 radical (unpaired) electrons. The number of benzene rings is 2. The molecule has 0 amide bonds. The van der Waals surface area contributed by atoms with Gasteiger partial charge in [-0.05, 0) is 54.1 Å². The van der Waals surface area contributed by atoms with E-state index in [1.54, 1.807) is 30.3 Å². The Morgan fingerprint density at radius 1 is 1.04 bits per heavy atom. The summed E-state index contributed by atoms with van der Waals surface area (Å²) in [5.41, 5.74) is 1.13. The first-order valence-corrected chi connectivity index (χ1v) is 7.25. The van der Waals surface area contributed by atoms with Crippen molar-refractivity contribution in [2.75, 3.05) is 5.32 Å². The molecule has 25 heavy (non-hydrogen) atoms. The zero-order chi connectivity index (χ0) is 17.3. The average Bonchev–Trinajstić information content (AvgIpc) is 2.54. The monoisotopic (exact) mass is 386 g/mol. The summed E-state index contributed by atoms with van der Waals surface area (Å²) in [5.74, 6) is 0. The maximum atomic E-state index is 12.8. The van der Waals surface area contributed by atoms with Crippen LogP contribution >= 0.6 is 24.0 Å². The third-order valence-corrected chi connectivity index (χ3v) is 3.68. The minimum Gasteiger partial charge on any atom is -0.355 e. The van der Waals surface area contributed by atoms with Crippen LogP contribution in [0.2, 0.25) is 0 Å². The highest BCUT2D eigenvalue weighted by Crippen LogP contribution is 2.33. The number of pyridine rings is 1. The van der Waals surface area contributed by atoms with Crippen molar-refractivity contribution in [3.8, 4) is 0 Å². The second-order valence-electron chi connectivity index (χ2n) is 5.06. The number of carbonyl (C=O) groups excluding carboxylic acids is 1. The van der Waals surface area contributed by atoms with Gasteiger partial charge in [-0.1, -0.05) is 6.07 Å². The lowest BCUT2D eigenvalue weighted by molar-refractivity contribution is -0.137. The van der Waals surface area contributed by atoms with Crippen molar-refractivity contribution in [3.05, 3.63) is 65.9 Å². The smallest absolute Gasteiger partial charge is 0.355 e. The molecule has 1 heterocycles. The highest BCUT2D eigenvalue weighted by atomic mass is 35.5. The summed E-state index contributed by atoms with van der Waals surface area (Å²) in [7, 11) is 0. The fourth-order valence-corrected chi connectivity index (χ4v) is 2.40. The van der Waals surface area contributed by atoms with Gasteiger partial charge in [0.1, 0.15) is 0 Å². The van der Waals surface area contributed by atoms with Gasteiger partial charge in [-0.15, -0.1) is 12.4 Å². The molecule has 3 aromatic rings. The lowest BCUT2D eigenvalue weighted by Gasteiger charge is -2.12. The van der Waals surface area contributed by atoms with Crippen LogP contribution in [0.4, 0.5) is 24.5 Å². The van der Waals surface area contributed by atoms with E-state index in [0.29, 0.717) is 22.3 Å². The first kappa shape index (κ1) is 19.0. The van der Waals surface area contributed by atoms with E-state index in [9.17, 15) is 18.0 Å². The van der Waals surface area contributed by atoms with E-state index in [4.69, 9.17) is 11.6 Å². The standard InChI is InChI=1S/C17H10ClF3N2O.ClH/c18-16(24)10-1-4-12(5-2-10)23-14-7-8-22-15-9-11(17(19,20)21)3-6-13(14)15;/h1-9H,(H,22,23);1H. The first-order chi connectivity index (χ1) is 11.3. The molecule has 2 aromatic carbocycles. The van der Waals surface area contributed by atoms with Crippen molar-refractivity contribution in [2.24, 2.45) is 0 Å². The normalized spacial score (nSPS) is 11.0. The minimum absolute atomic E-state index is 0. The minimum atomic E-state index is -4.41. The van der Waals surface area contributed by atoms with Gasteiger partial charge in [0.25, 0.3) is 5.24 Å². The predicted octanol–water partition coefficient (Wildman–Crippen LogP) is 5.80. The molecule has 0 aliphatic rings. The van der Waals surface area contributed by atoms with Crippen LogP contribution < -0.4 is 5.32 Å². The Labute approximate surface area is 152 Å². The Bertz CT molecular complexity index is 912. The zero-order valence-corrected chi connectivity index (χ0v) is 14.0. The van der Waals surface area contributed by atoms with E-state index in [0.717, 1.165) is 12.1 Å². The van der Waals surface area contributed by atoms with E-state index in [1.807, 2.05) is 0 Å². The summed E-state index contributed by atoms with van der Waals surface area (Å²) in [4.78, 5) is 15.0. The number of nitrogens with one attached hydrogen (secondary N) is 1. The van der Waals surface area contributed by atoms with Crippen molar-refractivity contribution in [3.63, 3.8) is 0 Å². The zero-order valence-electron chi connectivity index (χ0n) is 12.5.